The molecule has 1 aliphatic rings. The Morgan fingerprint density at radius 2 is 1.83 bits per heavy atom. The van der Waals surface area contributed by atoms with Crippen molar-refractivity contribution in [2.45, 2.75) is 59.8 Å². The molecule has 0 bridgehead atoms. The van der Waals surface area contributed by atoms with Gasteiger partial charge in [-0.15, -0.1) is 0 Å². The lowest BCUT2D eigenvalue weighted by Gasteiger charge is -2.23. The average molecular weight is 480 g/mol. The molecule has 5 aromatic rings. The molecular weight excluding hydrogens is 450 g/mol. The van der Waals surface area contributed by atoms with Crippen LogP contribution in [0, 0.1) is 27.7 Å². The topological polar surface area (TPSA) is 89.6 Å². The third kappa shape index (κ3) is 3.33. The number of aromatic nitrogens is 5. The van der Waals surface area contributed by atoms with E-state index in [1.165, 1.54) is 16.7 Å². The van der Waals surface area contributed by atoms with Crippen LogP contribution in [0.15, 0.2) is 45.7 Å². The summed E-state index contributed by atoms with van der Waals surface area (Å²) in [7, 11) is 0. The van der Waals surface area contributed by atoms with Crippen molar-refractivity contribution in [3.05, 3.63) is 103 Å². The largest absolute Gasteiger partial charge is 0.438 e. The highest BCUT2D eigenvalue weighted by Crippen LogP contribution is 2.41. The zero-order chi connectivity index (χ0) is 25.1. The van der Waals surface area contributed by atoms with Gasteiger partial charge in [-0.05, 0) is 85.5 Å². The molecule has 0 aliphatic heterocycles. The molecule has 0 saturated heterocycles. The summed E-state index contributed by atoms with van der Waals surface area (Å²) in [5, 5.41) is 4.13. The Morgan fingerprint density at radius 1 is 1.03 bits per heavy atom. The van der Waals surface area contributed by atoms with Crippen LogP contribution < -0.4 is 5.76 Å². The molecule has 3 heterocycles. The van der Waals surface area contributed by atoms with E-state index in [1.54, 1.807) is 0 Å². The molecule has 2 aromatic carbocycles. The second-order valence-corrected chi connectivity index (χ2v) is 9.82. The fraction of sp³-hybridized carbons (Fsp3) is 0.310. The van der Waals surface area contributed by atoms with Gasteiger partial charge < -0.3 is 0 Å². The normalized spacial score (nSPS) is 15.1. The van der Waals surface area contributed by atoms with Crippen LogP contribution in [0.1, 0.15) is 69.1 Å². The summed E-state index contributed by atoms with van der Waals surface area (Å²) in [6.45, 7) is 10.6. The van der Waals surface area contributed by atoms with Gasteiger partial charge in [0.2, 0.25) is 0 Å². The lowest BCUT2D eigenvalue weighted by Crippen LogP contribution is -2.13. The maximum atomic E-state index is 11.9. The van der Waals surface area contributed by atoms with Crippen molar-refractivity contribution < 1.29 is 4.52 Å². The molecule has 36 heavy (non-hydrogen) atoms. The zero-order valence-corrected chi connectivity index (χ0v) is 21.3. The van der Waals surface area contributed by atoms with Crippen LogP contribution in [0.3, 0.4) is 0 Å². The first-order chi connectivity index (χ1) is 17.4. The molecule has 182 valence electrons. The number of imidazole rings is 1. The Kier molecular flexibility index (Phi) is 5.18. The van der Waals surface area contributed by atoms with Crippen molar-refractivity contribution in [2.75, 3.05) is 0 Å². The lowest BCUT2D eigenvalue weighted by atomic mass is 9.84. The minimum absolute atomic E-state index is 0.204. The quantitative estimate of drug-likeness (QED) is 0.386. The minimum atomic E-state index is -0.535. The molecule has 1 aliphatic carbocycles. The highest BCUT2D eigenvalue weighted by Gasteiger charge is 2.31. The van der Waals surface area contributed by atoms with E-state index >= 15 is 0 Å². The van der Waals surface area contributed by atoms with Crippen LogP contribution in [0.25, 0.3) is 16.9 Å². The van der Waals surface area contributed by atoms with Gasteiger partial charge in [-0.25, -0.2) is 14.8 Å². The van der Waals surface area contributed by atoms with Crippen molar-refractivity contribution in [1.82, 2.24) is 24.7 Å². The lowest BCUT2D eigenvalue weighted by molar-refractivity contribution is 0.380. The summed E-state index contributed by atoms with van der Waals surface area (Å²) >= 11 is 0. The Hall–Kier alpha value is -4.00. The highest BCUT2D eigenvalue weighted by atomic mass is 16.5. The van der Waals surface area contributed by atoms with Crippen molar-refractivity contribution in [2.24, 2.45) is 0 Å². The van der Waals surface area contributed by atoms with Crippen LogP contribution in [0.2, 0.25) is 0 Å². The summed E-state index contributed by atoms with van der Waals surface area (Å²) in [6, 6.07) is 12.8. The number of H-pyrrole nitrogens is 1. The maximum absolute atomic E-state index is 11.9. The molecule has 1 atom stereocenters. The van der Waals surface area contributed by atoms with E-state index in [-0.39, 0.29) is 5.92 Å². The van der Waals surface area contributed by atoms with E-state index in [0.717, 1.165) is 69.9 Å². The predicted octanol–water partition coefficient (Wildman–Crippen LogP) is 5.17. The Labute approximate surface area is 209 Å². The minimum Gasteiger partial charge on any atom is -0.296 e. The molecule has 0 saturated carbocycles. The van der Waals surface area contributed by atoms with Gasteiger partial charge in [0, 0.05) is 12.1 Å². The maximum Gasteiger partial charge on any atom is 0.438 e. The van der Waals surface area contributed by atoms with E-state index < -0.39 is 5.76 Å². The molecule has 3 aromatic heterocycles. The number of rotatable bonds is 3. The summed E-state index contributed by atoms with van der Waals surface area (Å²) in [4.78, 5) is 24.7. The van der Waals surface area contributed by atoms with Gasteiger partial charge in [0.05, 0.1) is 11.6 Å². The summed E-state index contributed by atoms with van der Waals surface area (Å²) in [6.07, 6.45) is 2.61. The molecule has 0 fully saturated rings. The molecule has 0 spiro atoms. The van der Waals surface area contributed by atoms with E-state index in [9.17, 15) is 4.79 Å². The van der Waals surface area contributed by atoms with Crippen molar-refractivity contribution >= 4 is 11.2 Å². The SMILES string of the molecule is CCc1nc2c(C)cc(C)nc2n1-c1c(C)cc2c(c1C)CCc1ccccc1C2c1noc(=O)[nH]1. The number of aromatic amines is 1. The summed E-state index contributed by atoms with van der Waals surface area (Å²) < 4.78 is 7.21. The van der Waals surface area contributed by atoms with Crippen molar-refractivity contribution in [1.29, 1.82) is 0 Å². The molecule has 1 unspecified atom stereocenters. The first-order valence-electron chi connectivity index (χ1n) is 12.5. The first-order valence-corrected chi connectivity index (χ1v) is 12.5. The van der Waals surface area contributed by atoms with Crippen LogP contribution in [-0.4, -0.2) is 24.7 Å². The van der Waals surface area contributed by atoms with Crippen molar-refractivity contribution in [3.63, 3.8) is 0 Å². The van der Waals surface area contributed by atoms with Gasteiger partial charge in [0.1, 0.15) is 11.3 Å². The van der Waals surface area contributed by atoms with E-state index in [4.69, 9.17) is 14.5 Å². The third-order valence-electron chi connectivity index (χ3n) is 7.50. The number of hydrogen-bond acceptors (Lipinski definition) is 5. The number of nitrogens with one attached hydrogen (secondary N) is 1. The fourth-order valence-corrected chi connectivity index (χ4v) is 5.99. The summed E-state index contributed by atoms with van der Waals surface area (Å²) in [5.41, 5.74) is 12.3. The number of fused-ring (bicyclic) bond motifs is 3. The van der Waals surface area contributed by atoms with Crippen molar-refractivity contribution in [3.8, 4) is 5.69 Å². The van der Waals surface area contributed by atoms with Gasteiger partial charge in [-0.2, -0.15) is 0 Å². The van der Waals surface area contributed by atoms with Gasteiger partial charge in [-0.1, -0.05) is 42.4 Å². The number of pyridine rings is 1. The van der Waals surface area contributed by atoms with Gasteiger partial charge in [-0.3, -0.25) is 14.1 Å². The molecular formula is C29H29N5O2. The first kappa shape index (κ1) is 22.5. The molecule has 1 N–H and O–H groups in total. The van der Waals surface area contributed by atoms with E-state index in [2.05, 4.69) is 72.7 Å². The number of benzene rings is 2. The van der Waals surface area contributed by atoms with E-state index in [0.29, 0.717) is 5.82 Å². The molecule has 0 radical (unpaired) electrons. The smallest absolute Gasteiger partial charge is 0.296 e. The van der Waals surface area contributed by atoms with Crippen LogP contribution in [0.5, 0.6) is 0 Å². The van der Waals surface area contributed by atoms with Crippen LogP contribution in [0.4, 0.5) is 0 Å². The van der Waals surface area contributed by atoms with Gasteiger partial charge in [0.15, 0.2) is 11.5 Å². The monoisotopic (exact) mass is 479 g/mol. The third-order valence-corrected chi connectivity index (χ3v) is 7.50. The van der Waals surface area contributed by atoms with Gasteiger partial charge in [0.25, 0.3) is 0 Å². The zero-order valence-electron chi connectivity index (χ0n) is 21.3. The second-order valence-electron chi connectivity index (χ2n) is 9.82. The predicted molar refractivity (Wildman–Crippen MR) is 139 cm³/mol. The molecule has 0 amide bonds. The standard InChI is InChI=1S/C29H29N5O2/c1-6-23-31-25-15(2)13-17(4)30-28(25)34(23)26-16(3)14-22-20(18(26)5)12-11-19-9-7-8-10-21(19)24(22)27-32-29(35)36-33-27/h7-10,13-14,24H,6,11-12H2,1-5H3,(H,32,33,35). The van der Waals surface area contributed by atoms with Crippen LogP contribution in [-0.2, 0) is 19.3 Å². The second kappa shape index (κ2) is 8.29. The Morgan fingerprint density at radius 3 is 2.58 bits per heavy atom. The number of nitrogens with zero attached hydrogens (tertiary/aromatic N) is 4. The fourth-order valence-electron chi connectivity index (χ4n) is 5.99. The molecule has 7 nitrogen and oxygen atoms in total. The number of hydrogen-bond donors (Lipinski definition) is 1. The summed E-state index contributed by atoms with van der Waals surface area (Å²) in [5.74, 6) is 0.807. The van der Waals surface area contributed by atoms with Gasteiger partial charge >= 0.3 is 5.76 Å². The average Bonchev–Trinajstić information content (AvgIpc) is 3.38. The molecule has 6 rings (SSSR count). The van der Waals surface area contributed by atoms with Crippen LogP contribution >= 0.6 is 0 Å². The number of aryl methyl sites for hydroxylation is 5. The Bertz CT molecular complexity index is 1710. The molecule has 7 heteroatoms. The Balaban J connectivity index is 1.66. The highest BCUT2D eigenvalue weighted by molar-refractivity contribution is 5.79. The van der Waals surface area contributed by atoms with E-state index in [1.807, 2.05) is 13.0 Å².